The van der Waals surface area contributed by atoms with Crippen LogP contribution in [0.1, 0.15) is 42.0 Å². The molecule has 0 bridgehead atoms. The van der Waals surface area contributed by atoms with Gasteiger partial charge in [-0.1, -0.05) is 6.07 Å². The Kier molecular flexibility index (Phi) is 3.73. The summed E-state index contributed by atoms with van der Waals surface area (Å²) in [6, 6.07) is 2.00. The van der Waals surface area contributed by atoms with E-state index in [0.29, 0.717) is 13.0 Å². The van der Waals surface area contributed by atoms with Gasteiger partial charge in [0.25, 0.3) is 0 Å². The van der Waals surface area contributed by atoms with Crippen LogP contribution in [-0.2, 0) is 17.6 Å². The summed E-state index contributed by atoms with van der Waals surface area (Å²) in [5.74, 6) is -0.861. The molecule has 1 aromatic rings. The molecule has 1 aliphatic carbocycles. The van der Waals surface area contributed by atoms with Gasteiger partial charge in [0, 0.05) is 18.2 Å². The van der Waals surface area contributed by atoms with Crippen LogP contribution >= 0.6 is 15.9 Å². The van der Waals surface area contributed by atoms with Crippen molar-refractivity contribution in [3.8, 4) is 5.75 Å². The molecular weight excluding hydrogens is 322 g/mol. The van der Waals surface area contributed by atoms with Crippen LogP contribution < -0.4 is 5.32 Å². The minimum atomic E-state index is -0.767. The third-order valence-electron chi connectivity index (χ3n) is 4.44. The lowest BCUT2D eigenvalue weighted by atomic mass is 9.88. The Bertz CT molecular complexity index is 559. The number of rotatable bonds is 2. The lowest BCUT2D eigenvalue weighted by Gasteiger charge is -2.22. The Morgan fingerprint density at radius 1 is 1.35 bits per heavy atom. The van der Waals surface area contributed by atoms with Gasteiger partial charge in [-0.3, -0.25) is 4.79 Å². The minimum absolute atomic E-state index is 0.0698. The van der Waals surface area contributed by atoms with Crippen molar-refractivity contribution >= 4 is 21.9 Å². The van der Waals surface area contributed by atoms with E-state index in [1.165, 1.54) is 17.5 Å². The molecule has 3 N–H and O–H groups in total. The predicted molar refractivity (Wildman–Crippen MR) is 78.9 cm³/mol. The number of hydrogen-bond donors (Lipinski definition) is 3. The van der Waals surface area contributed by atoms with Gasteiger partial charge in [-0.15, -0.1) is 0 Å². The maximum absolute atomic E-state index is 11.1. The highest BCUT2D eigenvalue weighted by molar-refractivity contribution is 9.10. The maximum atomic E-state index is 11.1. The number of hydrogen-bond acceptors (Lipinski definition) is 3. The van der Waals surface area contributed by atoms with Gasteiger partial charge in [-0.25, -0.2) is 0 Å². The van der Waals surface area contributed by atoms with Crippen molar-refractivity contribution in [3.63, 3.8) is 0 Å². The van der Waals surface area contributed by atoms with E-state index in [1.807, 2.05) is 0 Å². The summed E-state index contributed by atoms with van der Waals surface area (Å²) in [5, 5.41) is 22.7. The van der Waals surface area contributed by atoms with Crippen molar-refractivity contribution < 1.29 is 15.0 Å². The number of aryl methyl sites for hydroxylation is 1. The zero-order valence-electron chi connectivity index (χ0n) is 11.2. The number of fused-ring (bicyclic) bond motifs is 1. The fourth-order valence-electron chi connectivity index (χ4n) is 3.29. The number of carbonyl (C=O) groups is 1. The van der Waals surface area contributed by atoms with E-state index in [4.69, 9.17) is 5.11 Å². The van der Waals surface area contributed by atoms with Crippen molar-refractivity contribution in [1.82, 2.24) is 5.32 Å². The molecular formula is C15H18BrNO3. The average molecular weight is 340 g/mol. The molecule has 0 amide bonds. The van der Waals surface area contributed by atoms with Crippen molar-refractivity contribution in [3.05, 3.63) is 27.2 Å². The second-order valence-corrected chi connectivity index (χ2v) is 6.50. The normalized spacial score (nSPS) is 25.4. The summed E-state index contributed by atoms with van der Waals surface area (Å²) in [4.78, 5) is 11.1. The van der Waals surface area contributed by atoms with Gasteiger partial charge in [0.2, 0.25) is 0 Å². The lowest BCUT2D eigenvalue weighted by molar-refractivity contribution is -0.141. The van der Waals surface area contributed by atoms with E-state index in [-0.39, 0.29) is 17.7 Å². The van der Waals surface area contributed by atoms with Crippen LogP contribution in [0.4, 0.5) is 0 Å². The smallest absolute Gasteiger partial charge is 0.307 e. The van der Waals surface area contributed by atoms with Gasteiger partial charge in [0.05, 0.1) is 10.4 Å². The van der Waals surface area contributed by atoms with Crippen LogP contribution in [-0.4, -0.2) is 22.7 Å². The number of carboxylic acids is 1. The van der Waals surface area contributed by atoms with Crippen molar-refractivity contribution in [2.45, 2.75) is 38.1 Å². The second kappa shape index (κ2) is 5.37. The molecule has 1 aromatic carbocycles. The molecule has 1 saturated heterocycles. The highest BCUT2D eigenvalue weighted by Gasteiger charge is 2.32. The van der Waals surface area contributed by atoms with Gasteiger partial charge in [0.15, 0.2) is 0 Å². The summed E-state index contributed by atoms with van der Waals surface area (Å²) >= 11 is 3.51. The van der Waals surface area contributed by atoms with Gasteiger partial charge < -0.3 is 15.5 Å². The zero-order valence-corrected chi connectivity index (χ0v) is 12.7. The summed E-state index contributed by atoms with van der Waals surface area (Å²) < 4.78 is 0.797. The van der Waals surface area contributed by atoms with Gasteiger partial charge in [0.1, 0.15) is 5.75 Å². The molecule has 0 saturated carbocycles. The number of phenols is 1. The Morgan fingerprint density at radius 3 is 2.80 bits per heavy atom. The fraction of sp³-hybridized carbons (Fsp3) is 0.533. The van der Waals surface area contributed by atoms with E-state index in [2.05, 4.69) is 27.3 Å². The van der Waals surface area contributed by atoms with Gasteiger partial charge in [-0.2, -0.15) is 0 Å². The molecule has 0 aromatic heterocycles. The third-order valence-corrected chi connectivity index (χ3v) is 5.30. The van der Waals surface area contributed by atoms with Gasteiger partial charge >= 0.3 is 5.97 Å². The first-order valence-electron chi connectivity index (χ1n) is 7.07. The third kappa shape index (κ3) is 2.33. The van der Waals surface area contributed by atoms with E-state index in [1.54, 1.807) is 0 Å². The molecule has 2 atom stereocenters. The Labute approximate surface area is 126 Å². The molecule has 5 heteroatoms. The number of aliphatic carboxylic acids is 1. The second-order valence-electron chi connectivity index (χ2n) is 5.70. The van der Waals surface area contributed by atoms with Crippen molar-refractivity contribution in [2.75, 3.05) is 6.54 Å². The maximum Gasteiger partial charge on any atom is 0.307 e. The van der Waals surface area contributed by atoms with E-state index < -0.39 is 5.97 Å². The number of carboxylic acid groups (broad SMARTS) is 1. The van der Waals surface area contributed by atoms with Crippen molar-refractivity contribution in [1.29, 1.82) is 0 Å². The zero-order chi connectivity index (χ0) is 14.3. The minimum Gasteiger partial charge on any atom is -0.506 e. The fourth-order valence-corrected chi connectivity index (χ4v) is 3.97. The monoisotopic (exact) mass is 339 g/mol. The predicted octanol–water partition coefficient (Wildman–Crippen LogP) is 2.77. The quantitative estimate of drug-likeness (QED) is 0.774. The van der Waals surface area contributed by atoms with Crippen LogP contribution in [0, 0.1) is 5.92 Å². The largest absolute Gasteiger partial charge is 0.506 e. The Hall–Kier alpha value is -1.07. The molecule has 20 heavy (non-hydrogen) atoms. The molecule has 1 aliphatic heterocycles. The number of halogens is 1. The molecule has 108 valence electrons. The highest BCUT2D eigenvalue weighted by Crippen LogP contribution is 2.42. The Balaban J connectivity index is 1.94. The first-order chi connectivity index (χ1) is 9.58. The summed E-state index contributed by atoms with van der Waals surface area (Å²) in [6.45, 7) is 0.466. The first-order valence-corrected chi connectivity index (χ1v) is 7.86. The highest BCUT2D eigenvalue weighted by atomic mass is 79.9. The standard InChI is InChI=1S/C15H18BrNO3/c16-13-10-4-2-1-3-8(10)5-11(14(13)18)12-6-9(7-17-12)15(19)20/h5,9,12,17-18H,1-4,6-7H2,(H,19,20). The molecule has 0 radical (unpaired) electrons. The average Bonchev–Trinajstić information content (AvgIpc) is 2.92. The molecule has 3 rings (SSSR count). The van der Waals surface area contributed by atoms with Gasteiger partial charge in [-0.05, 0) is 59.2 Å². The van der Waals surface area contributed by atoms with E-state index in [9.17, 15) is 9.90 Å². The number of phenolic OH excluding ortho intramolecular Hbond substituents is 1. The lowest BCUT2D eigenvalue weighted by Crippen LogP contribution is -2.17. The summed E-state index contributed by atoms with van der Waals surface area (Å²) in [7, 11) is 0. The van der Waals surface area contributed by atoms with Crippen molar-refractivity contribution in [2.24, 2.45) is 5.92 Å². The van der Waals surface area contributed by atoms with Crippen LogP contribution in [0.3, 0.4) is 0 Å². The molecule has 2 unspecified atom stereocenters. The van der Waals surface area contributed by atoms with E-state index in [0.717, 1.165) is 29.3 Å². The summed E-state index contributed by atoms with van der Waals surface area (Å²) in [6.07, 6.45) is 4.91. The topological polar surface area (TPSA) is 69.6 Å². The summed E-state index contributed by atoms with van der Waals surface area (Å²) in [5.41, 5.74) is 3.34. The molecule has 0 spiro atoms. The molecule has 2 aliphatic rings. The van der Waals surface area contributed by atoms with Crippen LogP contribution in [0.25, 0.3) is 0 Å². The van der Waals surface area contributed by atoms with Crippen LogP contribution in [0.15, 0.2) is 10.5 Å². The SMILES string of the molecule is O=C(O)C1CNC(c2cc3c(c(Br)c2O)CCCC3)C1. The van der Waals surface area contributed by atoms with Crippen LogP contribution in [0.2, 0.25) is 0 Å². The Morgan fingerprint density at radius 2 is 2.10 bits per heavy atom. The number of benzene rings is 1. The number of nitrogens with one attached hydrogen (secondary N) is 1. The van der Waals surface area contributed by atoms with Crippen LogP contribution in [0.5, 0.6) is 5.75 Å². The first kappa shape index (κ1) is 13.9. The van der Waals surface area contributed by atoms with E-state index >= 15 is 0 Å². The molecule has 4 nitrogen and oxygen atoms in total. The molecule has 1 heterocycles. The number of aromatic hydroxyl groups is 1. The molecule has 1 fully saturated rings.